The second-order valence-corrected chi connectivity index (χ2v) is 5.29. The number of anilines is 1. The van der Waals surface area contributed by atoms with Gasteiger partial charge in [-0.15, -0.1) is 0 Å². The fourth-order valence-corrected chi connectivity index (χ4v) is 2.42. The molecule has 0 saturated carbocycles. The van der Waals surface area contributed by atoms with Crippen LogP contribution >= 0.6 is 0 Å². The molecule has 3 N–H and O–H groups in total. The summed E-state index contributed by atoms with van der Waals surface area (Å²) in [5.74, 6) is 0.00980. The topological polar surface area (TPSA) is 70.2 Å². The third-order valence-corrected chi connectivity index (χ3v) is 3.61. The Labute approximate surface area is 125 Å². The van der Waals surface area contributed by atoms with Crippen molar-refractivity contribution in [2.75, 3.05) is 18.4 Å². The highest BCUT2D eigenvalue weighted by Gasteiger charge is 2.22. The van der Waals surface area contributed by atoms with Gasteiger partial charge in [0, 0.05) is 25.2 Å². The minimum Gasteiger partial charge on any atom is -0.356 e. The molecule has 114 valence electrons. The Morgan fingerprint density at radius 3 is 2.95 bits per heavy atom. The molecule has 21 heavy (non-hydrogen) atoms. The lowest BCUT2D eigenvalue weighted by Gasteiger charge is -2.15. The molecule has 1 aliphatic rings. The van der Waals surface area contributed by atoms with Crippen LogP contribution in [0.15, 0.2) is 24.3 Å². The van der Waals surface area contributed by atoms with E-state index in [4.69, 9.17) is 0 Å². The molecule has 2 amide bonds. The summed E-state index contributed by atoms with van der Waals surface area (Å²) in [7, 11) is 0. The zero-order valence-electron chi connectivity index (χ0n) is 12.4. The number of amides is 2. The highest BCUT2D eigenvalue weighted by Crippen LogP contribution is 2.21. The molecule has 5 nitrogen and oxygen atoms in total. The first kappa shape index (κ1) is 15.5. The standard InChI is InChI=1S/C16H23N3O2/c1-2-10-18-15(20)9-11-17-14-8-7-12-5-3-4-6-13(12)19-16(14)21/h3-6,14,17H,2,7-11H2,1H3,(H,18,20)(H,19,21). The average molecular weight is 289 g/mol. The summed E-state index contributed by atoms with van der Waals surface area (Å²) < 4.78 is 0. The van der Waals surface area contributed by atoms with Gasteiger partial charge in [-0.2, -0.15) is 0 Å². The van der Waals surface area contributed by atoms with Crippen molar-refractivity contribution in [1.82, 2.24) is 10.6 Å². The van der Waals surface area contributed by atoms with Crippen molar-refractivity contribution in [3.05, 3.63) is 29.8 Å². The van der Waals surface area contributed by atoms with Gasteiger partial charge in [0.1, 0.15) is 0 Å². The van der Waals surface area contributed by atoms with Crippen LogP contribution in [0.3, 0.4) is 0 Å². The van der Waals surface area contributed by atoms with Crippen LogP contribution < -0.4 is 16.0 Å². The number of hydrogen-bond donors (Lipinski definition) is 3. The largest absolute Gasteiger partial charge is 0.356 e. The molecule has 5 heteroatoms. The van der Waals surface area contributed by atoms with Crippen molar-refractivity contribution in [3.8, 4) is 0 Å². The second kappa shape index (κ2) is 7.78. The fourth-order valence-electron chi connectivity index (χ4n) is 2.42. The zero-order valence-corrected chi connectivity index (χ0v) is 12.4. The predicted octanol–water partition coefficient (Wildman–Crippen LogP) is 1.45. The van der Waals surface area contributed by atoms with Crippen LogP contribution in [0.1, 0.15) is 31.7 Å². The SMILES string of the molecule is CCCNC(=O)CCNC1CCc2ccccc2NC1=O. The van der Waals surface area contributed by atoms with E-state index in [-0.39, 0.29) is 17.9 Å². The first-order chi connectivity index (χ1) is 10.2. The summed E-state index contributed by atoms with van der Waals surface area (Å²) in [6.45, 7) is 3.24. The van der Waals surface area contributed by atoms with Crippen LogP contribution in [0.4, 0.5) is 5.69 Å². The molecular formula is C16H23N3O2. The van der Waals surface area contributed by atoms with Gasteiger partial charge in [0.25, 0.3) is 0 Å². The molecule has 0 spiro atoms. The van der Waals surface area contributed by atoms with E-state index < -0.39 is 0 Å². The molecule has 0 saturated heterocycles. The average Bonchev–Trinajstić information content (AvgIpc) is 2.64. The quantitative estimate of drug-likeness (QED) is 0.742. The van der Waals surface area contributed by atoms with Gasteiger partial charge in [-0.05, 0) is 30.9 Å². The van der Waals surface area contributed by atoms with Crippen molar-refractivity contribution in [2.45, 2.75) is 38.6 Å². The highest BCUT2D eigenvalue weighted by atomic mass is 16.2. The molecule has 1 unspecified atom stereocenters. The lowest BCUT2D eigenvalue weighted by Crippen LogP contribution is -2.41. The van der Waals surface area contributed by atoms with Gasteiger partial charge < -0.3 is 16.0 Å². The minimum atomic E-state index is -0.239. The Morgan fingerprint density at radius 1 is 1.33 bits per heavy atom. The Morgan fingerprint density at radius 2 is 2.14 bits per heavy atom. The van der Waals surface area contributed by atoms with Gasteiger partial charge >= 0.3 is 0 Å². The summed E-state index contributed by atoms with van der Waals surface area (Å²) in [6.07, 6.45) is 2.94. The lowest BCUT2D eigenvalue weighted by molar-refractivity contribution is -0.122. The molecule has 0 aliphatic carbocycles. The van der Waals surface area contributed by atoms with Gasteiger partial charge in [0.05, 0.1) is 6.04 Å². The third kappa shape index (κ3) is 4.56. The van der Waals surface area contributed by atoms with Crippen LogP contribution in [0.2, 0.25) is 0 Å². The van der Waals surface area contributed by atoms with Crippen LogP contribution in [-0.2, 0) is 16.0 Å². The zero-order chi connectivity index (χ0) is 15.1. The number of carbonyl (C=O) groups excluding carboxylic acids is 2. The van der Waals surface area contributed by atoms with Crippen LogP contribution in [0.5, 0.6) is 0 Å². The smallest absolute Gasteiger partial charge is 0.241 e. The summed E-state index contributed by atoms with van der Waals surface area (Å²) >= 11 is 0. The van der Waals surface area contributed by atoms with E-state index in [1.54, 1.807) is 0 Å². The predicted molar refractivity (Wildman–Crippen MR) is 83.1 cm³/mol. The number of benzene rings is 1. The molecule has 2 rings (SSSR count). The Hall–Kier alpha value is -1.88. The van der Waals surface area contributed by atoms with Crippen molar-refractivity contribution in [3.63, 3.8) is 0 Å². The van der Waals surface area contributed by atoms with Gasteiger partial charge in [0.15, 0.2) is 0 Å². The molecule has 1 atom stereocenters. The molecule has 1 aromatic rings. The summed E-state index contributed by atoms with van der Waals surface area (Å²) in [5.41, 5.74) is 2.06. The van der Waals surface area contributed by atoms with Crippen LogP contribution in [0, 0.1) is 0 Å². The molecule has 0 fully saturated rings. The molecule has 0 radical (unpaired) electrons. The Balaban J connectivity index is 1.80. The van der Waals surface area contributed by atoms with Gasteiger partial charge in [-0.25, -0.2) is 0 Å². The number of hydrogen-bond acceptors (Lipinski definition) is 3. The number of rotatable bonds is 6. The lowest BCUT2D eigenvalue weighted by atomic mass is 10.1. The van der Waals surface area contributed by atoms with E-state index in [9.17, 15) is 9.59 Å². The number of aryl methyl sites for hydroxylation is 1. The molecule has 0 bridgehead atoms. The van der Waals surface area contributed by atoms with E-state index >= 15 is 0 Å². The van der Waals surface area contributed by atoms with Crippen molar-refractivity contribution in [1.29, 1.82) is 0 Å². The van der Waals surface area contributed by atoms with Crippen LogP contribution in [-0.4, -0.2) is 30.9 Å². The van der Waals surface area contributed by atoms with Crippen molar-refractivity contribution < 1.29 is 9.59 Å². The Bertz CT molecular complexity index is 502. The minimum absolute atomic E-state index is 0.0195. The molecule has 1 aromatic carbocycles. The van der Waals surface area contributed by atoms with E-state index in [2.05, 4.69) is 16.0 Å². The van der Waals surface area contributed by atoms with Crippen molar-refractivity contribution in [2.24, 2.45) is 0 Å². The maximum absolute atomic E-state index is 12.2. The maximum Gasteiger partial charge on any atom is 0.241 e. The van der Waals surface area contributed by atoms with Crippen molar-refractivity contribution >= 4 is 17.5 Å². The number of fused-ring (bicyclic) bond motifs is 1. The van der Waals surface area contributed by atoms with Crippen LogP contribution in [0.25, 0.3) is 0 Å². The maximum atomic E-state index is 12.2. The van der Waals surface area contributed by atoms with E-state index in [0.717, 1.165) is 30.5 Å². The number of para-hydroxylation sites is 1. The summed E-state index contributed by atoms with van der Waals surface area (Å²) in [4.78, 5) is 23.7. The van der Waals surface area contributed by atoms with Gasteiger partial charge in [0.2, 0.25) is 11.8 Å². The highest BCUT2D eigenvalue weighted by molar-refractivity contribution is 5.96. The van der Waals surface area contributed by atoms with Gasteiger partial charge in [-0.1, -0.05) is 25.1 Å². The Kier molecular flexibility index (Phi) is 5.75. The molecular weight excluding hydrogens is 266 g/mol. The normalized spacial score (nSPS) is 17.6. The molecule has 1 aliphatic heterocycles. The first-order valence-electron chi connectivity index (χ1n) is 7.59. The number of nitrogens with one attached hydrogen (secondary N) is 3. The monoisotopic (exact) mass is 289 g/mol. The second-order valence-electron chi connectivity index (χ2n) is 5.29. The summed E-state index contributed by atoms with van der Waals surface area (Å²) in [5, 5.41) is 8.95. The third-order valence-electron chi connectivity index (χ3n) is 3.61. The molecule has 0 aromatic heterocycles. The molecule has 1 heterocycles. The van der Waals surface area contributed by atoms with E-state index in [1.807, 2.05) is 31.2 Å². The van der Waals surface area contributed by atoms with Gasteiger partial charge in [-0.3, -0.25) is 9.59 Å². The van der Waals surface area contributed by atoms with E-state index in [0.29, 0.717) is 19.5 Å². The fraction of sp³-hybridized carbons (Fsp3) is 0.500. The summed E-state index contributed by atoms with van der Waals surface area (Å²) in [6, 6.07) is 7.63. The number of carbonyl (C=O) groups is 2. The van der Waals surface area contributed by atoms with E-state index in [1.165, 1.54) is 0 Å². The first-order valence-corrected chi connectivity index (χ1v) is 7.59.